The number of aryl methyl sites for hydroxylation is 4. The summed E-state index contributed by atoms with van der Waals surface area (Å²) in [4.78, 5) is 24.6. The molecule has 5 nitrogen and oxygen atoms in total. The molecular weight excluding hydrogens is 503 g/mol. The van der Waals surface area contributed by atoms with E-state index in [2.05, 4.69) is 0 Å². The predicted molar refractivity (Wildman–Crippen MR) is 143 cm³/mol. The largest absolute Gasteiger partial charge is 0.417 e. The number of aromatic nitrogens is 1. The van der Waals surface area contributed by atoms with Crippen LogP contribution in [-0.2, 0) is 25.6 Å². The van der Waals surface area contributed by atoms with E-state index in [1.165, 1.54) is 10.6 Å². The minimum absolute atomic E-state index is 0.0549. The Balaban J connectivity index is 1.71. The van der Waals surface area contributed by atoms with Gasteiger partial charge < -0.3 is 10.3 Å². The molecule has 2 N–H and O–H groups in total. The molecule has 0 aliphatic rings. The van der Waals surface area contributed by atoms with Gasteiger partial charge in [0.25, 0.3) is 5.56 Å². The first kappa shape index (κ1) is 27.4. The molecule has 0 bridgehead atoms. The van der Waals surface area contributed by atoms with Gasteiger partial charge in [0.2, 0.25) is 5.91 Å². The molecule has 0 spiro atoms. The quantitative estimate of drug-likeness (QED) is 0.321. The molecule has 8 heteroatoms. The number of benzene rings is 3. The van der Waals surface area contributed by atoms with E-state index in [9.17, 15) is 28.0 Å². The van der Waals surface area contributed by atoms with E-state index < -0.39 is 28.8 Å². The summed E-state index contributed by atoms with van der Waals surface area (Å²) < 4.78 is 42.7. The van der Waals surface area contributed by atoms with Crippen molar-refractivity contribution in [2.75, 3.05) is 0 Å². The third-order valence-electron chi connectivity index (χ3n) is 6.73. The molecule has 1 heterocycles. The first-order valence-corrected chi connectivity index (χ1v) is 12.3. The summed E-state index contributed by atoms with van der Waals surface area (Å²) in [5, 5.41) is 9.44. The average molecular weight is 530 g/mol. The van der Waals surface area contributed by atoms with Crippen LogP contribution in [0.4, 0.5) is 13.2 Å². The summed E-state index contributed by atoms with van der Waals surface area (Å²) in [7, 11) is 0. The zero-order chi connectivity index (χ0) is 28.3. The molecule has 1 amide bonds. The summed E-state index contributed by atoms with van der Waals surface area (Å²) in [6.45, 7) is 3.86. The molecule has 0 saturated heterocycles. The fourth-order valence-corrected chi connectivity index (χ4v) is 4.61. The van der Waals surface area contributed by atoms with Crippen LogP contribution in [-0.4, -0.2) is 10.5 Å². The van der Waals surface area contributed by atoms with Crippen LogP contribution in [0.15, 0.2) is 77.6 Å². The predicted octanol–water partition coefficient (Wildman–Crippen LogP) is 5.96. The van der Waals surface area contributed by atoms with Crippen LogP contribution in [0, 0.1) is 25.2 Å². The van der Waals surface area contributed by atoms with Gasteiger partial charge >= 0.3 is 6.18 Å². The maximum absolute atomic E-state index is 13.8. The van der Waals surface area contributed by atoms with Gasteiger partial charge in [-0.2, -0.15) is 18.4 Å². The second-order valence-electron chi connectivity index (χ2n) is 9.50. The van der Waals surface area contributed by atoms with Gasteiger partial charge in [-0.05, 0) is 72.7 Å². The molecule has 1 aromatic heterocycles. The minimum atomic E-state index is -4.84. The smallest absolute Gasteiger partial charge is 0.366 e. The number of nitriles is 1. The standard InChI is InChI=1S/C31H26F3N3O2/c1-19-6-8-25(20(2)14-19)18-37-26(16-28(31(32,33)34)27(17-35)30(37)39)13-7-21-4-3-5-24(15-21)22-9-11-23(12-10-22)29(36)38/h3-6,8-12,14-16H,7,13,18H2,1-2H3,(H2,36,38). The topological polar surface area (TPSA) is 88.9 Å². The van der Waals surface area contributed by atoms with E-state index in [4.69, 9.17) is 5.73 Å². The number of pyridine rings is 1. The van der Waals surface area contributed by atoms with Crippen LogP contribution in [0.3, 0.4) is 0 Å². The second kappa shape index (κ2) is 11.0. The lowest BCUT2D eigenvalue weighted by Crippen LogP contribution is -2.30. The molecular formula is C31H26F3N3O2. The lowest BCUT2D eigenvalue weighted by atomic mass is 9.98. The SMILES string of the molecule is Cc1ccc(Cn2c(CCc3cccc(-c4ccc(C(N)=O)cc4)c3)cc(C(F)(F)F)c(C#N)c2=O)c(C)c1. The third kappa shape index (κ3) is 6.10. The van der Waals surface area contributed by atoms with Gasteiger partial charge in [-0.25, -0.2) is 0 Å². The van der Waals surface area contributed by atoms with Crippen LogP contribution >= 0.6 is 0 Å². The van der Waals surface area contributed by atoms with E-state index in [0.717, 1.165) is 39.4 Å². The number of rotatable bonds is 7. The highest BCUT2D eigenvalue weighted by molar-refractivity contribution is 5.93. The number of nitrogens with zero attached hydrogens (tertiary/aromatic N) is 2. The number of amides is 1. The van der Waals surface area contributed by atoms with Crippen LogP contribution in [0.25, 0.3) is 11.1 Å². The van der Waals surface area contributed by atoms with Crippen LogP contribution in [0.1, 0.15) is 49.4 Å². The molecule has 0 atom stereocenters. The second-order valence-corrected chi connectivity index (χ2v) is 9.50. The number of carbonyl (C=O) groups excluding carboxylic acids is 1. The summed E-state index contributed by atoms with van der Waals surface area (Å²) in [6.07, 6.45) is -4.32. The summed E-state index contributed by atoms with van der Waals surface area (Å²) >= 11 is 0. The van der Waals surface area contributed by atoms with Gasteiger partial charge in [0.15, 0.2) is 0 Å². The molecule has 3 aromatic carbocycles. The van der Waals surface area contributed by atoms with E-state index in [-0.39, 0.29) is 18.7 Å². The molecule has 0 aliphatic carbocycles. The zero-order valence-corrected chi connectivity index (χ0v) is 21.5. The first-order valence-electron chi connectivity index (χ1n) is 12.3. The molecule has 0 unspecified atom stereocenters. The van der Waals surface area contributed by atoms with E-state index in [0.29, 0.717) is 12.0 Å². The van der Waals surface area contributed by atoms with Crippen LogP contribution in [0.5, 0.6) is 0 Å². The monoisotopic (exact) mass is 529 g/mol. The fraction of sp³-hybridized carbons (Fsp3) is 0.194. The average Bonchev–Trinajstić information content (AvgIpc) is 2.89. The number of carbonyl (C=O) groups is 1. The Morgan fingerprint density at radius 3 is 2.28 bits per heavy atom. The first-order chi connectivity index (χ1) is 18.5. The highest BCUT2D eigenvalue weighted by Crippen LogP contribution is 2.32. The van der Waals surface area contributed by atoms with Gasteiger partial charge in [-0.15, -0.1) is 0 Å². The Kier molecular flexibility index (Phi) is 7.73. The zero-order valence-electron chi connectivity index (χ0n) is 21.5. The maximum atomic E-state index is 13.8. The number of primary amides is 1. The van der Waals surface area contributed by atoms with Gasteiger partial charge in [-0.3, -0.25) is 9.59 Å². The van der Waals surface area contributed by atoms with Crippen LogP contribution in [0.2, 0.25) is 0 Å². The Labute approximate surface area is 224 Å². The van der Waals surface area contributed by atoms with Crippen molar-refractivity contribution in [1.29, 1.82) is 5.26 Å². The van der Waals surface area contributed by atoms with Crippen molar-refractivity contribution in [3.63, 3.8) is 0 Å². The fourth-order valence-electron chi connectivity index (χ4n) is 4.61. The summed E-state index contributed by atoms with van der Waals surface area (Å²) in [5.74, 6) is -0.525. The number of nitrogens with two attached hydrogens (primary N) is 1. The van der Waals surface area contributed by atoms with Crippen molar-refractivity contribution in [2.45, 2.75) is 39.4 Å². The van der Waals surface area contributed by atoms with E-state index >= 15 is 0 Å². The number of hydrogen-bond donors (Lipinski definition) is 1. The highest BCUT2D eigenvalue weighted by Gasteiger charge is 2.36. The Morgan fingerprint density at radius 2 is 1.67 bits per heavy atom. The lowest BCUT2D eigenvalue weighted by molar-refractivity contribution is -0.138. The summed E-state index contributed by atoms with van der Waals surface area (Å²) in [5.41, 5.74) is 8.11. The molecule has 0 fully saturated rings. The van der Waals surface area contributed by atoms with Crippen molar-refractivity contribution in [3.8, 4) is 17.2 Å². The maximum Gasteiger partial charge on any atom is 0.417 e. The molecule has 39 heavy (non-hydrogen) atoms. The highest BCUT2D eigenvalue weighted by atomic mass is 19.4. The molecule has 4 rings (SSSR count). The van der Waals surface area contributed by atoms with Gasteiger partial charge in [0, 0.05) is 11.3 Å². The molecule has 4 aromatic rings. The Morgan fingerprint density at radius 1 is 0.949 bits per heavy atom. The summed E-state index contributed by atoms with van der Waals surface area (Å²) in [6, 6.07) is 22.4. The van der Waals surface area contributed by atoms with Gasteiger partial charge in [-0.1, -0.05) is 60.2 Å². The molecule has 0 saturated carbocycles. The van der Waals surface area contributed by atoms with Gasteiger partial charge in [0.1, 0.15) is 11.6 Å². The lowest BCUT2D eigenvalue weighted by Gasteiger charge is -2.18. The number of halogens is 3. The Bertz CT molecular complexity index is 1650. The molecule has 0 aliphatic heterocycles. The van der Waals surface area contributed by atoms with Crippen LogP contribution < -0.4 is 11.3 Å². The van der Waals surface area contributed by atoms with Crippen molar-refractivity contribution in [1.82, 2.24) is 4.57 Å². The normalized spacial score (nSPS) is 11.3. The van der Waals surface area contributed by atoms with Gasteiger partial charge in [0.05, 0.1) is 12.1 Å². The Hall–Kier alpha value is -4.64. The van der Waals surface area contributed by atoms with Crippen molar-refractivity contribution in [2.24, 2.45) is 5.73 Å². The number of alkyl halides is 3. The van der Waals surface area contributed by atoms with Crippen molar-refractivity contribution >= 4 is 5.91 Å². The third-order valence-corrected chi connectivity index (χ3v) is 6.73. The minimum Gasteiger partial charge on any atom is -0.366 e. The van der Waals surface area contributed by atoms with E-state index in [1.54, 1.807) is 24.3 Å². The van der Waals surface area contributed by atoms with E-state index in [1.807, 2.05) is 56.3 Å². The van der Waals surface area contributed by atoms with Crippen molar-refractivity contribution < 1.29 is 18.0 Å². The molecule has 198 valence electrons. The molecule has 0 radical (unpaired) electrons. The number of hydrogen-bond acceptors (Lipinski definition) is 3. The van der Waals surface area contributed by atoms with Crippen molar-refractivity contribution in [3.05, 3.63) is 128 Å².